The van der Waals surface area contributed by atoms with Crippen molar-refractivity contribution in [2.24, 2.45) is 0 Å². The van der Waals surface area contributed by atoms with Gasteiger partial charge in [-0.1, -0.05) is 0 Å². The number of nitrogen functional groups attached to an aromatic ring is 1. The lowest BCUT2D eigenvalue weighted by Crippen LogP contribution is -2.58. The number of nitrogens with one attached hydrogen (secondary N) is 1. The quantitative estimate of drug-likeness (QED) is 0.631. The van der Waals surface area contributed by atoms with Crippen molar-refractivity contribution in [1.82, 2.24) is 4.90 Å². The first-order valence-corrected chi connectivity index (χ1v) is 7.74. The third-order valence-electron chi connectivity index (χ3n) is 4.76. The summed E-state index contributed by atoms with van der Waals surface area (Å²) in [6.45, 7) is 7.11. The van der Waals surface area contributed by atoms with Crippen LogP contribution in [-0.4, -0.2) is 76.8 Å². The molecule has 1 aromatic rings. The van der Waals surface area contributed by atoms with Gasteiger partial charge in [-0.05, 0) is 25.2 Å². The number of rotatable bonds is 5. The zero-order valence-electron chi connectivity index (χ0n) is 13.9. The van der Waals surface area contributed by atoms with Gasteiger partial charge in [0, 0.05) is 32.9 Å². The highest BCUT2D eigenvalue weighted by molar-refractivity contribution is 5.71. The zero-order chi connectivity index (χ0) is 15.5. The first-order valence-electron chi connectivity index (χ1n) is 7.74. The van der Waals surface area contributed by atoms with Gasteiger partial charge in [0.2, 0.25) is 0 Å². The Morgan fingerprint density at radius 2 is 2.00 bits per heavy atom. The summed E-state index contributed by atoms with van der Waals surface area (Å²) in [6.07, 6.45) is 0. The summed E-state index contributed by atoms with van der Waals surface area (Å²) >= 11 is 0. The Labute approximate surface area is 128 Å². The lowest BCUT2D eigenvalue weighted by molar-refractivity contribution is -0.912. The molecule has 0 radical (unpaired) electrons. The molecule has 1 heterocycles. The van der Waals surface area contributed by atoms with Crippen LogP contribution in [0.15, 0.2) is 18.2 Å². The van der Waals surface area contributed by atoms with Gasteiger partial charge in [0.25, 0.3) is 0 Å². The van der Waals surface area contributed by atoms with Gasteiger partial charge in [0.05, 0.1) is 44.6 Å². The van der Waals surface area contributed by atoms with Gasteiger partial charge in [0.15, 0.2) is 0 Å². The second-order valence-corrected chi connectivity index (χ2v) is 6.54. The minimum Gasteiger partial charge on any atom is -0.397 e. The maximum Gasteiger partial charge on any atom is 0.0963 e. The highest BCUT2D eigenvalue weighted by Crippen LogP contribution is 2.24. The minimum absolute atomic E-state index is 0.807. The van der Waals surface area contributed by atoms with E-state index < -0.39 is 0 Å². The molecule has 1 fully saturated rings. The van der Waals surface area contributed by atoms with Gasteiger partial charge >= 0.3 is 0 Å². The van der Waals surface area contributed by atoms with Crippen molar-refractivity contribution in [3.8, 4) is 0 Å². The van der Waals surface area contributed by atoms with Crippen LogP contribution in [0.4, 0.5) is 17.1 Å². The van der Waals surface area contributed by atoms with Crippen LogP contribution in [0.2, 0.25) is 0 Å². The van der Waals surface area contributed by atoms with E-state index in [2.05, 4.69) is 48.4 Å². The summed E-state index contributed by atoms with van der Waals surface area (Å²) in [5.74, 6) is 0. The van der Waals surface area contributed by atoms with Crippen LogP contribution in [0, 0.1) is 0 Å². The van der Waals surface area contributed by atoms with Crippen LogP contribution in [0.1, 0.15) is 0 Å². The molecule has 0 amide bonds. The summed E-state index contributed by atoms with van der Waals surface area (Å²) in [5, 5.41) is 3.10. The van der Waals surface area contributed by atoms with E-state index in [0.29, 0.717) is 0 Å². The van der Waals surface area contributed by atoms with Gasteiger partial charge in [-0.25, -0.2) is 0 Å². The molecule has 1 aliphatic rings. The fraction of sp³-hybridized carbons (Fsp3) is 0.625. The Kier molecular flexibility index (Phi) is 4.96. The number of nitrogens with zero attached hydrogens (tertiary/aromatic N) is 3. The standard InChI is InChI=1S/C16H30N5/c1-18-16-6-5-14(13-15(16)17)20(3)9-12-21(4)10-7-19(2)8-11-21/h5-6,13,18H,7-12,17H2,1-4H3/q+1. The van der Waals surface area contributed by atoms with Gasteiger partial charge in [-0.15, -0.1) is 0 Å². The van der Waals surface area contributed by atoms with Crippen LogP contribution >= 0.6 is 0 Å². The average Bonchev–Trinajstić information content (AvgIpc) is 2.48. The second kappa shape index (κ2) is 6.54. The molecule has 0 unspecified atom stereocenters. The van der Waals surface area contributed by atoms with Crippen LogP contribution in [0.25, 0.3) is 0 Å². The summed E-state index contributed by atoms with van der Waals surface area (Å²) in [5.41, 5.74) is 9.04. The Morgan fingerprint density at radius 1 is 1.33 bits per heavy atom. The minimum atomic E-state index is 0.807. The maximum absolute atomic E-state index is 6.05. The second-order valence-electron chi connectivity index (χ2n) is 6.54. The fourth-order valence-corrected chi connectivity index (χ4v) is 2.81. The Hall–Kier alpha value is -1.46. The monoisotopic (exact) mass is 292 g/mol. The maximum atomic E-state index is 6.05. The Bertz CT molecular complexity index is 466. The van der Waals surface area contributed by atoms with E-state index in [1.165, 1.54) is 42.9 Å². The number of hydrogen-bond donors (Lipinski definition) is 2. The van der Waals surface area contributed by atoms with Crippen molar-refractivity contribution >= 4 is 17.1 Å². The van der Waals surface area contributed by atoms with E-state index in [9.17, 15) is 0 Å². The van der Waals surface area contributed by atoms with Gasteiger partial charge in [-0.3, -0.25) is 4.90 Å². The molecule has 1 aromatic carbocycles. The number of hydrogen-bond acceptors (Lipinski definition) is 4. The molecule has 2 rings (SSSR count). The van der Waals surface area contributed by atoms with Gasteiger partial charge in [-0.2, -0.15) is 0 Å². The molecule has 0 spiro atoms. The van der Waals surface area contributed by atoms with Crippen LogP contribution in [0.5, 0.6) is 0 Å². The SMILES string of the molecule is CNc1ccc(N(C)CC[N+]2(C)CCN(C)CC2)cc1N. The molecule has 0 aromatic heterocycles. The van der Waals surface area contributed by atoms with E-state index in [-0.39, 0.29) is 0 Å². The third-order valence-corrected chi connectivity index (χ3v) is 4.76. The predicted octanol–water partition coefficient (Wildman–Crippen LogP) is 1.14. The number of likely N-dealkylation sites (N-methyl/N-ethyl adjacent to an activating group) is 3. The highest BCUT2D eigenvalue weighted by atomic mass is 15.4. The van der Waals surface area contributed by atoms with Crippen molar-refractivity contribution in [2.75, 3.05) is 83.4 Å². The predicted molar refractivity (Wildman–Crippen MR) is 92.0 cm³/mol. The molecule has 21 heavy (non-hydrogen) atoms. The number of benzene rings is 1. The Balaban J connectivity index is 1.92. The highest BCUT2D eigenvalue weighted by Gasteiger charge is 2.27. The molecule has 3 N–H and O–H groups in total. The molecule has 0 atom stereocenters. The topological polar surface area (TPSA) is 44.5 Å². The number of nitrogens with two attached hydrogens (primary N) is 1. The van der Waals surface area contributed by atoms with E-state index >= 15 is 0 Å². The van der Waals surface area contributed by atoms with E-state index in [1.54, 1.807) is 0 Å². The lowest BCUT2D eigenvalue weighted by Gasteiger charge is -2.41. The van der Waals surface area contributed by atoms with Crippen molar-refractivity contribution in [3.63, 3.8) is 0 Å². The Morgan fingerprint density at radius 3 is 2.57 bits per heavy atom. The first-order chi connectivity index (χ1) is 9.93. The zero-order valence-corrected chi connectivity index (χ0v) is 13.9. The summed E-state index contributed by atoms with van der Waals surface area (Å²) in [4.78, 5) is 4.72. The molecule has 5 nitrogen and oxygen atoms in total. The van der Waals surface area contributed by atoms with E-state index in [0.717, 1.165) is 17.9 Å². The van der Waals surface area contributed by atoms with E-state index in [4.69, 9.17) is 5.73 Å². The van der Waals surface area contributed by atoms with Gasteiger partial charge in [0.1, 0.15) is 0 Å². The molecule has 0 saturated carbocycles. The molecule has 1 saturated heterocycles. The molecule has 0 bridgehead atoms. The van der Waals surface area contributed by atoms with E-state index in [1.807, 2.05) is 13.1 Å². The third kappa shape index (κ3) is 4.02. The fourth-order valence-electron chi connectivity index (χ4n) is 2.81. The van der Waals surface area contributed by atoms with Crippen molar-refractivity contribution < 1.29 is 4.48 Å². The number of piperazine rings is 1. The molecular formula is C16H30N5+. The molecule has 118 valence electrons. The molecular weight excluding hydrogens is 262 g/mol. The molecule has 0 aliphatic carbocycles. The van der Waals surface area contributed by atoms with Crippen LogP contribution in [-0.2, 0) is 0 Å². The number of quaternary nitrogens is 1. The van der Waals surface area contributed by atoms with Crippen molar-refractivity contribution in [2.45, 2.75) is 0 Å². The summed E-state index contributed by atoms with van der Waals surface area (Å²) in [7, 11) is 8.63. The molecule has 5 heteroatoms. The van der Waals surface area contributed by atoms with Crippen molar-refractivity contribution in [1.29, 1.82) is 0 Å². The van der Waals surface area contributed by atoms with Crippen LogP contribution < -0.4 is 16.0 Å². The van der Waals surface area contributed by atoms with Gasteiger partial charge < -0.3 is 20.4 Å². The number of anilines is 3. The smallest absolute Gasteiger partial charge is 0.0963 e. The summed E-state index contributed by atoms with van der Waals surface area (Å²) in [6, 6.07) is 6.23. The van der Waals surface area contributed by atoms with Crippen LogP contribution in [0.3, 0.4) is 0 Å². The molecule has 1 aliphatic heterocycles. The van der Waals surface area contributed by atoms with Crippen molar-refractivity contribution in [3.05, 3.63) is 18.2 Å². The lowest BCUT2D eigenvalue weighted by atomic mass is 10.2. The first kappa shape index (κ1) is 15.9. The normalized spacial score (nSPS) is 18.5. The summed E-state index contributed by atoms with van der Waals surface area (Å²) < 4.78 is 1.17. The largest absolute Gasteiger partial charge is 0.397 e. The average molecular weight is 292 g/mol.